The number of aryl methyl sites for hydroxylation is 2. The van der Waals surface area contributed by atoms with E-state index in [0.29, 0.717) is 12.6 Å². The number of halogens is 1. The molecule has 6 unspecified atom stereocenters. The number of hydrogen-bond donors (Lipinski definition) is 4. The molecule has 0 heterocycles. The maximum absolute atomic E-state index is 11.4. The minimum absolute atomic E-state index is 0.0988. The van der Waals surface area contributed by atoms with Crippen molar-refractivity contribution in [1.29, 1.82) is 0 Å². The first-order valence-corrected chi connectivity index (χ1v) is 21.1. The molecule has 7 heteroatoms. The molecular weight excluding hydrogens is 654 g/mol. The van der Waals surface area contributed by atoms with Gasteiger partial charge in [0.15, 0.2) is 0 Å². The highest BCUT2D eigenvalue weighted by Crippen LogP contribution is 2.57. The molecule has 0 bridgehead atoms. The highest BCUT2D eigenvalue weighted by Gasteiger charge is 2.48. The third-order valence-electron chi connectivity index (χ3n) is 11.9. The molecule has 3 saturated carbocycles. The third kappa shape index (κ3) is 14.6. The van der Waals surface area contributed by atoms with E-state index >= 15 is 0 Å². The predicted molar refractivity (Wildman–Crippen MR) is 223 cm³/mol. The fourth-order valence-corrected chi connectivity index (χ4v) is 9.98. The lowest BCUT2D eigenvalue weighted by Gasteiger charge is -2.48. The summed E-state index contributed by atoms with van der Waals surface area (Å²) in [6.45, 7) is 19.6. The summed E-state index contributed by atoms with van der Waals surface area (Å²) in [5.41, 5.74) is 9.92. The van der Waals surface area contributed by atoms with Crippen LogP contribution >= 0.6 is 11.8 Å². The van der Waals surface area contributed by atoms with Crippen LogP contribution in [-0.4, -0.2) is 43.6 Å². The van der Waals surface area contributed by atoms with Gasteiger partial charge in [0, 0.05) is 29.4 Å². The Morgan fingerprint density at radius 3 is 2.00 bits per heavy atom. The van der Waals surface area contributed by atoms with Crippen LogP contribution in [0.3, 0.4) is 0 Å². The number of carbonyl (C=O) groups excluding carboxylic acids is 1. The second-order valence-electron chi connectivity index (χ2n) is 14.9. The van der Waals surface area contributed by atoms with Crippen LogP contribution in [0.25, 0.3) is 0 Å². The van der Waals surface area contributed by atoms with E-state index < -0.39 is 0 Å². The van der Waals surface area contributed by atoms with Crippen molar-refractivity contribution in [1.82, 2.24) is 0 Å². The minimum Gasteiger partial charge on any atom is -0.393 e. The average molecular weight is 730 g/mol. The molecule has 0 aliphatic heterocycles. The second-order valence-corrected chi connectivity index (χ2v) is 16.1. The summed E-state index contributed by atoms with van der Waals surface area (Å²) in [6, 6.07) is 15.2. The fraction of sp³-hybridized carbons (Fsp3) is 0.705. The van der Waals surface area contributed by atoms with Gasteiger partial charge >= 0.3 is 0 Å². The summed E-state index contributed by atoms with van der Waals surface area (Å²) in [6.07, 6.45) is 17.4. The number of rotatable bonds is 9. The molecule has 1 amide bonds. The van der Waals surface area contributed by atoms with Crippen molar-refractivity contribution in [2.75, 3.05) is 36.7 Å². The maximum atomic E-state index is 11.4. The maximum Gasteiger partial charge on any atom is 0.204 e. The summed E-state index contributed by atoms with van der Waals surface area (Å²) < 4.78 is 9.50. The Morgan fingerprint density at radius 1 is 0.824 bits per heavy atom. The third-order valence-corrected chi connectivity index (χ3v) is 13.2. The van der Waals surface area contributed by atoms with Crippen LogP contribution in [0.5, 0.6) is 0 Å². The number of amides is 1. The topological polar surface area (TPSA) is 87.4 Å². The Labute approximate surface area is 317 Å². The normalized spacial score (nSPS) is 26.6. The van der Waals surface area contributed by atoms with Crippen molar-refractivity contribution in [3.63, 3.8) is 0 Å². The molecule has 0 spiro atoms. The van der Waals surface area contributed by atoms with E-state index in [-0.39, 0.29) is 17.9 Å². The lowest BCUT2D eigenvalue weighted by Crippen LogP contribution is -2.43. The van der Waals surface area contributed by atoms with Crippen molar-refractivity contribution >= 4 is 29.5 Å². The lowest BCUT2D eigenvalue weighted by atomic mass is 9.59. The Morgan fingerprint density at radius 2 is 1.39 bits per heavy atom. The molecule has 2 aromatic rings. The number of hydrogen-bond acceptors (Lipinski definition) is 5. The van der Waals surface area contributed by atoms with Gasteiger partial charge < -0.3 is 21.5 Å². The van der Waals surface area contributed by atoms with Gasteiger partial charge in [0.25, 0.3) is 0 Å². The van der Waals surface area contributed by atoms with Gasteiger partial charge in [0.05, 0.1) is 13.3 Å². The van der Waals surface area contributed by atoms with E-state index in [1.54, 1.807) is 0 Å². The van der Waals surface area contributed by atoms with Crippen LogP contribution < -0.4 is 16.4 Å². The van der Waals surface area contributed by atoms with E-state index in [0.717, 1.165) is 37.3 Å². The Balaban J connectivity index is 0.000000638. The zero-order valence-corrected chi connectivity index (χ0v) is 34.8. The summed E-state index contributed by atoms with van der Waals surface area (Å²) >= 11 is 2.04. The summed E-state index contributed by atoms with van der Waals surface area (Å²) in [4.78, 5) is 10.0. The minimum atomic E-state index is -0.0988. The first-order valence-electron chi connectivity index (χ1n) is 20.1. The molecule has 0 saturated heterocycles. The number of carbonyl (C=O) groups is 1. The van der Waals surface area contributed by atoms with Gasteiger partial charge in [-0.1, -0.05) is 64.7 Å². The van der Waals surface area contributed by atoms with Gasteiger partial charge in [-0.05, 0) is 162 Å². The van der Waals surface area contributed by atoms with Crippen molar-refractivity contribution in [2.24, 2.45) is 34.3 Å². The largest absolute Gasteiger partial charge is 0.393 e. The molecule has 5 nitrogen and oxygen atoms in total. The number of aliphatic hydroxyl groups is 1. The van der Waals surface area contributed by atoms with Crippen LogP contribution in [0.15, 0.2) is 47.4 Å². The number of aliphatic hydroxyl groups excluding tert-OH is 1. The molecule has 5 N–H and O–H groups in total. The second kappa shape index (κ2) is 25.7. The van der Waals surface area contributed by atoms with Crippen molar-refractivity contribution in [2.45, 2.75) is 150 Å². The molecule has 6 atom stereocenters. The molecule has 51 heavy (non-hydrogen) atoms. The Hall–Kier alpha value is -2.25. The monoisotopic (exact) mass is 730 g/mol. The molecule has 0 radical (unpaired) electrons. The zero-order chi connectivity index (χ0) is 38.3. The van der Waals surface area contributed by atoms with Crippen LogP contribution in [0.4, 0.5) is 15.8 Å². The van der Waals surface area contributed by atoms with E-state index in [1.165, 1.54) is 110 Å². The molecule has 5 rings (SSSR count). The van der Waals surface area contributed by atoms with Gasteiger partial charge in [-0.15, -0.1) is 11.8 Å². The average Bonchev–Trinajstić information content (AvgIpc) is 3.45. The van der Waals surface area contributed by atoms with Gasteiger partial charge in [0.1, 0.15) is 0 Å². The van der Waals surface area contributed by atoms with Crippen molar-refractivity contribution in [3.8, 4) is 0 Å². The van der Waals surface area contributed by atoms with Crippen LogP contribution in [0.1, 0.15) is 136 Å². The van der Waals surface area contributed by atoms with Gasteiger partial charge in [-0.3, -0.25) is 9.18 Å². The highest BCUT2D eigenvalue weighted by molar-refractivity contribution is 7.99. The standard InChI is InChI=1S/C31H51NOS.C9H13N.C2H6.CH3F.CH3NO/c1-5-32-27-16-17-28(23(2)22-27)34-21-9-13-26-15-14-25-12-8-11-24-10-6-7-19-31(24,4)29(33)18-20-30(25,26)3;1-3-10-9-6-4-8(2)5-7-9;2*1-2;2-1-3/h16-17,22,24-26,29,32-33H,5-15,18-21H2,1-4H3;4-7,10H,3H2,1-2H3;1-2H3;1H3;1H,(H2,2,3). The highest BCUT2D eigenvalue weighted by atomic mass is 32.2. The number of benzene rings is 2. The smallest absolute Gasteiger partial charge is 0.204 e. The molecular formula is C44H76FN3O2S. The molecule has 292 valence electrons. The quantitative estimate of drug-likeness (QED) is 0.117. The van der Waals surface area contributed by atoms with Crippen LogP contribution in [0.2, 0.25) is 0 Å². The molecule has 0 aromatic heterocycles. The number of fused-ring (bicyclic) bond motifs is 2. The molecule has 3 aliphatic carbocycles. The first kappa shape index (κ1) is 46.8. The predicted octanol–water partition coefficient (Wildman–Crippen LogP) is 12.0. The fourth-order valence-electron chi connectivity index (χ4n) is 9.00. The summed E-state index contributed by atoms with van der Waals surface area (Å²) in [5, 5.41) is 18.1. The number of alkyl halides is 1. The number of anilines is 2. The van der Waals surface area contributed by atoms with E-state index in [1.807, 2.05) is 25.6 Å². The zero-order valence-electron chi connectivity index (χ0n) is 34.0. The van der Waals surface area contributed by atoms with Gasteiger partial charge in [-0.25, -0.2) is 0 Å². The van der Waals surface area contributed by atoms with Crippen LogP contribution in [0, 0.1) is 42.4 Å². The van der Waals surface area contributed by atoms with E-state index in [2.05, 4.69) is 100 Å². The molecule has 3 aliphatic rings. The van der Waals surface area contributed by atoms with Crippen molar-refractivity contribution in [3.05, 3.63) is 53.6 Å². The first-order chi connectivity index (χ1) is 24.6. The lowest BCUT2D eigenvalue weighted by molar-refractivity contribution is -0.106. The van der Waals surface area contributed by atoms with Crippen molar-refractivity contribution < 1.29 is 14.3 Å². The number of nitrogens with two attached hydrogens (primary N) is 1. The Kier molecular flexibility index (Phi) is 23.5. The summed E-state index contributed by atoms with van der Waals surface area (Å²) in [7, 11) is 0.500. The number of primary amides is 1. The number of thioether (sulfide) groups is 1. The van der Waals surface area contributed by atoms with Gasteiger partial charge in [0.2, 0.25) is 6.41 Å². The Bertz CT molecular complexity index is 1200. The van der Waals surface area contributed by atoms with E-state index in [9.17, 15) is 9.50 Å². The van der Waals surface area contributed by atoms with Gasteiger partial charge in [-0.2, -0.15) is 0 Å². The van der Waals surface area contributed by atoms with Crippen LogP contribution in [-0.2, 0) is 4.79 Å². The molecule has 3 fully saturated rings. The summed E-state index contributed by atoms with van der Waals surface area (Å²) in [5.74, 6) is 3.70. The van der Waals surface area contributed by atoms with E-state index in [4.69, 9.17) is 4.79 Å². The number of nitrogens with one attached hydrogen (secondary N) is 2. The SMILES string of the molecule is CC.CCNc1ccc(C)cc1.CCNc1ccc(SCCCC2CCC3CCCC4CCCCC4(C)C(O)CCC23C)c(C)c1.CF.NC=O. The molecule has 2 aromatic carbocycles.